The fourth-order valence-electron chi connectivity index (χ4n) is 2.02. The molecule has 1 aromatic carbocycles. The summed E-state index contributed by atoms with van der Waals surface area (Å²) in [6.45, 7) is 4.17. The molecule has 2 rings (SSSR count). The number of hydrogen-bond donors (Lipinski definition) is 2. The first-order valence-electron chi connectivity index (χ1n) is 6.80. The van der Waals surface area contributed by atoms with Crippen molar-refractivity contribution in [3.05, 3.63) is 24.3 Å². The van der Waals surface area contributed by atoms with E-state index in [1.165, 1.54) is 0 Å². The molecule has 0 aliphatic carbocycles. The maximum Gasteiger partial charge on any atom is 0.250 e. The Morgan fingerprint density at radius 1 is 1.30 bits per heavy atom. The Labute approximate surface area is 118 Å². The SMILES string of the molecule is NCCOCC(=O)Nc1ccc(N2CCOCC2)cc1. The van der Waals surface area contributed by atoms with E-state index < -0.39 is 0 Å². The van der Waals surface area contributed by atoms with E-state index in [2.05, 4.69) is 10.2 Å². The standard InChI is InChI=1S/C14H21N3O3/c15-5-8-20-11-14(18)16-12-1-3-13(4-2-12)17-6-9-19-10-7-17/h1-4H,5-11,15H2,(H,16,18). The molecule has 110 valence electrons. The van der Waals surface area contributed by atoms with Gasteiger partial charge in [0.15, 0.2) is 0 Å². The average molecular weight is 279 g/mol. The summed E-state index contributed by atoms with van der Waals surface area (Å²) in [6.07, 6.45) is 0. The molecule has 1 aromatic rings. The summed E-state index contributed by atoms with van der Waals surface area (Å²) in [5.74, 6) is -0.169. The molecule has 0 bridgehead atoms. The lowest BCUT2D eigenvalue weighted by molar-refractivity contribution is -0.120. The molecule has 1 aliphatic rings. The minimum absolute atomic E-state index is 0.0302. The lowest BCUT2D eigenvalue weighted by Gasteiger charge is -2.28. The van der Waals surface area contributed by atoms with Crippen molar-refractivity contribution in [2.45, 2.75) is 0 Å². The van der Waals surface area contributed by atoms with Gasteiger partial charge < -0.3 is 25.4 Å². The largest absolute Gasteiger partial charge is 0.378 e. The van der Waals surface area contributed by atoms with Gasteiger partial charge in [-0.25, -0.2) is 0 Å². The molecule has 1 fully saturated rings. The van der Waals surface area contributed by atoms with Gasteiger partial charge in [-0.3, -0.25) is 4.79 Å². The number of amides is 1. The van der Waals surface area contributed by atoms with Gasteiger partial charge >= 0.3 is 0 Å². The normalized spacial score (nSPS) is 15.2. The Morgan fingerprint density at radius 2 is 2.00 bits per heavy atom. The summed E-state index contributed by atoms with van der Waals surface area (Å²) in [7, 11) is 0. The number of ether oxygens (including phenoxy) is 2. The van der Waals surface area contributed by atoms with Crippen LogP contribution in [0.3, 0.4) is 0 Å². The molecule has 1 amide bonds. The smallest absolute Gasteiger partial charge is 0.250 e. The number of rotatable bonds is 6. The van der Waals surface area contributed by atoms with Crippen molar-refractivity contribution >= 4 is 17.3 Å². The maximum absolute atomic E-state index is 11.6. The molecule has 0 aromatic heterocycles. The third-order valence-corrected chi connectivity index (χ3v) is 3.02. The van der Waals surface area contributed by atoms with Crippen molar-refractivity contribution < 1.29 is 14.3 Å². The number of nitrogens with one attached hydrogen (secondary N) is 1. The van der Waals surface area contributed by atoms with E-state index in [1.807, 2.05) is 24.3 Å². The van der Waals surface area contributed by atoms with Crippen LogP contribution >= 0.6 is 0 Å². The average Bonchev–Trinajstić information content (AvgIpc) is 2.49. The number of morpholine rings is 1. The van der Waals surface area contributed by atoms with Gasteiger partial charge in [0.05, 0.1) is 19.8 Å². The van der Waals surface area contributed by atoms with Gasteiger partial charge in [-0.2, -0.15) is 0 Å². The zero-order valence-electron chi connectivity index (χ0n) is 11.5. The van der Waals surface area contributed by atoms with Gasteiger partial charge in [0.2, 0.25) is 5.91 Å². The summed E-state index contributed by atoms with van der Waals surface area (Å²) in [4.78, 5) is 13.8. The molecule has 0 atom stereocenters. The van der Waals surface area contributed by atoms with Crippen molar-refractivity contribution in [1.82, 2.24) is 0 Å². The first-order chi connectivity index (χ1) is 9.79. The third kappa shape index (κ3) is 4.48. The van der Waals surface area contributed by atoms with E-state index >= 15 is 0 Å². The van der Waals surface area contributed by atoms with Crippen molar-refractivity contribution in [3.63, 3.8) is 0 Å². The van der Waals surface area contributed by atoms with E-state index in [-0.39, 0.29) is 12.5 Å². The summed E-state index contributed by atoms with van der Waals surface area (Å²) < 4.78 is 10.4. The van der Waals surface area contributed by atoms with Crippen molar-refractivity contribution in [3.8, 4) is 0 Å². The van der Waals surface area contributed by atoms with E-state index in [0.29, 0.717) is 13.2 Å². The first-order valence-corrected chi connectivity index (χ1v) is 6.80. The minimum atomic E-state index is -0.169. The van der Waals surface area contributed by atoms with Gasteiger partial charge in [-0.05, 0) is 24.3 Å². The quantitative estimate of drug-likeness (QED) is 0.739. The molecular formula is C14H21N3O3. The highest BCUT2D eigenvalue weighted by Crippen LogP contribution is 2.18. The van der Waals surface area contributed by atoms with Crippen LogP contribution in [0.1, 0.15) is 0 Å². The summed E-state index contributed by atoms with van der Waals surface area (Å²) in [5, 5.41) is 2.78. The number of nitrogens with zero attached hydrogens (tertiary/aromatic N) is 1. The molecule has 6 nitrogen and oxygen atoms in total. The van der Waals surface area contributed by atoms with Crippen LogP contribution in [0.25, 0.3) is 0 Å². The molecule has 0 spiro atoms. The fraction of sp³-hybridized carbons (Fsp3) is 0.500. The van der Waals surface area contributed by atoms with Gasteiger partial charge in [0.25, 0.3) is 0 Å². The topological polar surface area (TPSA) is 76.8 Å². The van der Waals surface area contributed by atoms with Crippen molar-refractivity contribution in [1.29, 1.82) is 0 Å². The van der Waals surface area contributed by atoms with Crippen LogP contribution < -0.4 is 16.0 Å². The van der Waals surface area contributed by atoms with E-state index in [9.17, 15) is 4.79 Å². The van der Waals surface area contributed by atoms with Crippen LogP contribution in [-0.4, -0.2) is 52.0 Å². The van der Waals surface area contributed by atoms with Gasteiger partial charge in [0.1, 0.15) is 6.61 Å². The molecular weight excluding hydrogens is 258 g/mol. The zero-order chi connectivity index (χ0) is 14.2. The second-order valence-corrected chi connectivity index (χ2v) is 4.54. The van der Waals surface area contributed by atoms with Crippen LogP contribution in [0.2, 0.25) is 0 Å². The Bertz CT molecular complexity index is 416. The fourth-order valence-corrected chi connectivity index (χ4v) is 2.02. The summed E-state index contributed by atoms with van der Waals surface area (Å²) in [6, 6.07) is 7.79. The molecule has 20 heavy (non-hydrogen) atoms. The predicted octanol–water partition coefficient (Wildman–Crippen LogP) is 0.437. The van der Waals surface area contributed by atoms with Gasteiger partial charge in [-0.15, -0.1) is 0 Å². The molecule has 1 aliphatic heterocycles. The molecule has 3 N–H and O–H groups in total. The molecule has 0 saturated carbocycles. The molecule has 6 heteroatoms. The second-order valence-electron chi connectivity index (χ2n) is 4.54. The van der Waals surface area contributed by atoms with Crippen LogP contribution in [0.15, 0.2) is 24.3 Å². The summed E-state index contributed by atoms with van der Waals surface area (Å²) >= 11 is 0. The maximum atomic E-state index is 11.6. The number of nitrogens with two attached hydrogens (primary N) is 1. The highest BCUT2D eigenvalue weighted by molar-refractivity contribution is 5.91. The van der Waals surface area contributed by atoms with Gasteiger partial charge in [-0.1, -0.05) is 0 Å². The van der Waals surface area contributed by atoms with Crippen molar-refractivity contribution in [2.24, 2.45) is 5.73 Å². The third-order valence-electron chi connectivity index (χ3n) is 3.02. The molecule has 0 radical (unpaired) electrons. The molecule has 1 saturated heterocycles. The summed E-state index contributed by atoms with van der Waals surface area (Å²) in [5.41, 5.74) is 7.20. The Morgan fingerprint density at radius 3 is 2.65 bits per heavy atom. The highest BCUT2D eigenvalue weighted by atomic mass is 16.5. The first kappa shape index (κ1) is 14.8. The Kier molecular flexibility index (Phi) is 5.79. The Hall–Kier alpha value is -1.63. The van der Waals surface area contributed by atoms with Gasteiger partial charge in [0, 0.05) is 31.0 Å². The minimum Gasteiger partial charge on any atom is -0.378 e. The van der Waals surface area contributed by atoms with Crippen LogP contribution in [0.5, 0.6) is 0 Å². The van der Waals surface area contributed by atoms with E-state index in [0.717, 1.165) is 37.7 Å². The molecule has 0 unspecified atom stereocenters. The van der Waals surface area contributed by atoms with Crippen molar-refractivity contribution in [2.75, 3.05) is 56.3 Å². The van der Waals surface area contributed by atoms with Crippen LogP contribution in [0, 0.1) is 0 Å². The number of carbonyl (C=O) groups is 1. The second kappa shape index (κ2) is 7.84. The molecule has 1 heterocycles. The van der Waals surface area contributed by atoms with E-state index in [1.54, 1.807) is 0 Å². The Balaban J connectivity index is 1.83. The monoisotopic (exact) mass is 279 g/mol. The predicted molar refractivity (Wildman–Crippen MR) is 78.0 cm³/mol. The number of anilines is 2. The van der Waals surface area contributed by atoms with Crippen LogP contribution in [-0.2, 0) is 14.3 Å². The number of benzene rings is 1. The lowest BCUT2D eigenvalue weighted by Crippen LogP contribution is -2.36. The highest BCUT2D eigenvalue weighted by Gasteiger charge is 2.11. The zero-order valence-corrected chi connectivity index (χ0v) is 11.5. The number of carbonyl (C=O) groups excluding carboxylic acids is 1. The lowest BCUT2D eigenvalue weighted by atomic mass is 10.2. The van der Waals surface area contributed by atoms with E-state index in [4.69, 9.17) is 15.2 Å². The van der Waals surface area contributed by atoms with Crippen LogP contribution in [0.4, 0.5) is 11.4 Å². The number of hydrogen-bond acceptors (Lipinski definition) is 5.